The number of nitrogens with one attached hydrogen (secondary N) is 1. The van der Waals surface area contributed by atoms with E-state index in [1.165, 1.54) is 6.92 Å². The molecular weight excluding hydrogens is 332 g/mol. The van der Waals surface area contributed by atoms with E-state index in [0.717, 1.165) is 55.9 Å². The third kappa shape index (κ3) is 3.72. The van der Waals surface area contributed by atoms with E-state index in [4.69, 9.17) is 19.4 Å². The van der Waals surface area contributed by atoms with Crippen molar-refractivity contribution in [2.45, 2.75) is 38.4 Å². The van der Waals surface area contributed by atoms with E-state index in [1.54, 1.807) is 0 Å². The Morgan fingerprint density at radius 1 is 1.15 bits per heavy atom. The molecule has 0 bridgehead atoms. The van der Waals surface area contributed by atoms with Crippen molar-refractivity contribution in [1.29, 1.82) is 0 Å². The van der Waals surface area contributed by atoms with Gasteiger partial charge in [0.25, 0.3) is 0 Å². The lowest BCUT2D eigenvalue weighted by Gasteiger charge is -2.28. The average molecular weight is 356 g/mol. The number of carbonyl (C=O) groups excluding carboxylic acids is 1. The lowest BCUT2D eigenvalue weighted by molar-refractivity contribution is -0.146. The molecule has 1 aromatic carbocycles. The maximum absolute atomic E-state index is 11.2. The van der Waals surface area contributed by atoms with Crippen molar-refractivity contribution in [1.82, 2.24) is 15.3 Å². The topological polar surface area (TPSA) is 76.6 Å². The van der Waals surface area contributed by atoms with Gasteiger partial charge in [-0.1, -0.05) is 12.1 Å². The number of piperazine rings is 1. The summed E-state index contributed by atoms with van der Waals surface area (Å²) in [5.41, 5.74) is 0.889. The third-order valence-electron chi connectivity index (χ3n) is 4.90. The second kappa shape index (κ2) is 7.45. The number of benzene rings is 1. The first kappa shape index (κ1) is 17.0. The predicted molar refractivity (Wildman–Crippen MR) is 98.4 cm³/mol. The zero-order valence-electron chi connectivity index (χ0n) is 15.0. The van der Waals surface area contributed by atoms with E-state index >= 15 is 0 Å². The van der Waals surface area contributed by atoms with Gasteiger partial charge in [0, 0.05) is 39.5 Å². The van der Waals surface area contributed by atoms with Gasteiger partial charge in [-0.3, -0.25) is 4.79 Å². The van der Waals surface area contributed by atoms with Gasteiger partial charge in [0.1, 0.15) is 12.2 Å². The Hall–Kier alpha value is -2.41. The molecule has 2 aliphatic rings. The number of anilines is 1. The maximum Gasteiger partial charge on any atom is 0.302 e. The average Bonchev–Trinajstić information content (AvgIpc) is 3.08. The van der Waals surface area contributed by atoms with Crippen LogP contribution in [0.3, 0.4) is 0 Å². The number of nitrogens with zero attached hydrogens (tertiary/aromatic N) is 3. The molecule has 1 saturated carbocycles. The molecule has 4 rings (SSSR count). The van der Waals surface area contributed by atoms with Crippen LogP contribution in [0, 0.1) is 0 Å². The Balaban J connectivity index is 1.58. The van der Waals surface area contributed by atoms with Crippen molar-refractivity contribution in [3.63, 3.8) is 0 Å². The van der Waals surface area contributed by atoms with Crippen molar-refractivity contribution in [3.8, 4) is 5.88 Å². The largest absolute Gasteiger partial charge is 0.474 e. The lowest BCUT2D eigenvalue weighted by atomic mass is 10.2. The molecule has 7 nitrogen and oxygen atoms in total. The molecule has 7 heteroatoms. The number of hydrogen-bond acceptors (Lipinski definition) is 7. The van der Waals surface area contributed by atoms with Crippen LogP contribution in [0.25, 0.3) is 10.9 Å². The minimum absolute atomic E-state index is 0.00790. The van der Waals surface area contributed by atoms with E-state index in [9.17, 15) is 4.79 Å². The molecule has 2 aromatic rings. The highest BCUT2D eigenvalue weighted by Crippen LogP contribution is 2.31. The molecule has 2 unspecified atom stereocenters. The second-order valence-electron chi connectivity index (χ2n) is 6.87. The van der Waals surface area contributed by atoms with Crippen LogP contribution in [0.5, 0.6) is 5.88 Å². The summed E-state index contributed by atoms with van der Waals surface area (Å²) in [4.78, 5) is 22.8. The molecule has 2 atom stereocenters. The van der Waals surface area contributed by atoms with Gasteiger partial charge < -0.3 is 19.7 Å². The molecule has 26 heavy (non-hydrogen) atoms. The smallest absolute Gasteiger partial charge is 0.302 e. The Kier molecular flexibility index (Phi) is 4.88. The summed E-state index contributed by atoms with van der Waals surface area (Å²) in [7, 11) is 0. The highest BCUT2D eigenvalue weighted by molar-refractivity contribution is 5.84. The fourth-order valence-electron chi connectivity index (χ4n) is 3.64. The number of fused-ring (bicyclic) bond motifs is 1. The number of para-hydroxylation sites is 1. The standard InChI is InChI=1S/C19H24N4O3/c1-13(24)25-14-6-7-15(12-14)26-18-16-4-2-3-5-17(16)21-19(22-18)23-10-8-20-9-11-23/h2-5,14-15,20H,6-12H2,1H3. The predicted octanol–water partition coefficient (Wildman–Crippen LogP) is 1.90. The monoisotopic (exact) mass is 356 g/mol. The van der Waals surface area contributed by atoms with Crippen molar-refractivity contribution in [2.24, 2.45) is 0 Å². The van der Waals surface area contributed by atoms with Crippen LogP contribution >= 0.6 is 0 Å². The van der Waals surface area contributed by atoms with Crippen LogP contribution in [0.2, 0.25) is 0 Å². The van der Waals surface area contributed by atoms with E-state index in [0.29, 0.717) is 12.3 Å². The lowest BCUT2D eigenvalue weighted by Crippen LogP contribution is -2.44. The molecule has 0 amide bonds. The summed E-state index contributed by atoms with van der Waals surface area (Å²) in [6, 6.07) is 7.93. The summed E-state index contributed by atoms with van der Waals surface area (Å²) in [5.74, 6) is 1.11. The quantitative estimate of drug-likeness (QED) is 0.839. The third-order valence-corrected chi connectivity index (χ3v) is 4.90. The molecule has 1 aromatic heterocycles. The molecule has 2 heterocycles. The van der Waals surface area contributed by atoms with Gasteiger partial charge in [-0.15, -0.1) is 0 Å². The van der Waals surface area contributed by atoms with Gasteiger partial charge in [0.05, 0.1) is 10.9 Å². The number of esters is 1. The molecule has 1 aliphatic carbocycles. The van der Waals surface area contributed by atoms with Crippen LogP contribution in [-0.4, -0.2) is 54.3 Å². The normalized spacial score (nSPS) is 23.2. The zero-order chi connectivity index (χ0) is 17.9. The fourth-order valence-corrected chi connectivity index (χ4v) is 3.64. The van der Waals surface area contributed by atoms with Gasteiger partial charge in [-0.05, 0) is 25.0 Å². The molecule has 1 saturated heterocycles. The van der Waals surface area contributed by atoms with Crippen LogP contribution in [0.4, 0.5) is 5.95 Å². The van der Waals surface area contributed by atoms with Crippen molar-refractivity contribution >= 4 is 22.8 Å². The first-order chi connectivity index (χ1) is 12.7. The molecule has 0 radical (unpaired) electrons. The summed E-state index contributed by atoms with van der Waals surface area (Å²) >= 11 is 0. The second-order valence-corrected chi connectivity index (χ2v) is 6.87. The summed E-state index contributed by atoms with van der Waals surface area (Å²) in [6.07, 6.45) is 2.35. The number of ether oxygens (including phenoxy) is 2. The van der Waals surface area contributed by atoms with Crippen molar-refractivity contribution in [2.75, 3.05) is 31.1 Å². The Bertz CT molecular complexity index is 791. The molecule has 2 fully saturated rings. The van der Waals surface area contributed by atoms with E-state index in [-0.39, 0.29) is 18.2 Å². The first-order valence-corrected chi connectivity index (χ1v) is 9.25. The zero-order valence-corrected chi connectivity index (χ0v) is 15.0. The Morgan fingerprint density at radius 2 is 1.92 bits per heavy atom. The van der Waals surface area contributed by atoms with Gasteiger partial charge >= 0.3 is 5.97 Å². The summed E-state index contributed by atoms with van der Waals surface area (Å²) < 4.78 is 11.6. The van der Waals surface area contributed by atoms with Crippen molar-refractivity contribution < 1.29 is 14.3 Å². The minimum Gasteiger partial charge on any atom is -0.474 e. The van der Waals surface area contributed by atoms with Gasteiger partial charge in [0.15, 0.2) is 0 Å². The molecule has 138 valence electrons. The number of hydrogen-bond donors (Lipinski definition) is 1. The molecular formula is C19H24N4O3. The van der Waals surface area contributed by atoms with Crippen molar-refractivity contribution in [3.05, 3.63) is 24.3 Å². The number of aromatic nitrogens is 2. The highest BCUT2D eigenvalue weighted by atomic mass is 16.5. The highest BCUT2D eigenvalue weighted by Gasteiger charge is 2.29. The summed E-state index contributed by atoms with van der Waals surface area (Å²) in [5, 5.41) is 4.26. The van der Waals surface area contributed by atoms with E-state index in [2.05, 4.69) is 10.2 Å². The molecule has 1 N–H and O–H groups in total. The Labute approximate surface area is 152 Å². The van der Waals surface area contributed by atoms with Crippen LogP contribution in [0.15, 0.2) is 24.3 Å². The molecule has 1 aliphatic heterocycles. The van der Waals surface area contributed by atoms with E-state index < -0.39 is 0 Å². The number of carbonyl (C=O) groups is 1. The van der Waals surface area contributed by atoms with Crippen LogP contribution in [-0.2, 0) is 9.53 Å². The van der Waals surface area contributed by atoms with Gasteiger partial charge in [-0.2, -0.15) is 4.98 Å². The van der Waals surface area contributed by atoms with Crippen LogP contribution < -0.4 is 15.0 Å². The Morgan fingerprint density at radius 3 is 2.73 bits per heavy atom. The number of rotatable bonds is 4. The van der Waals surface area contributed by atoms with Crippen LogP contribution in [0.1, 0.15) is 26.2 Å². The maximum atomic E-state index is 11.2. The van der Waals surface area contributed by atoms with Gasteiger partial charge in [-0.25, -0.2) is 4.98 Å². The minimum atomic E-state index is -0.232. The van der Waals surface area contributed by atoms with Gasteiger partial charge in [0.2, 0.25) is 11.8 Å². The SMILES string of the molecule is CC(=O)OC1CCC(Oc2nc(N3CCNCC3)nc3ccccc23)C1. The van der Waals surface area contributed by atoms with E-state index in [1.807, 2.05) is 24.3 Å². The summed E-state index contributed by atoms with van der Waals surface area (Å²) in [6.45, 7) is 5.08. The fraction of sp³-hybridized carbons (Fsp3) is 0.526. The molecule has 0 spiro atoms. The first-order valence-electron chi connectivity index (χ1n) is 9.25.